The minimum atomic E-state index is -0.426. The minimum absolute atomic E-state index is 0.394. The maximum atomic E-state index is 6.22. The van der Waals surface area contributed by atoms with Crippen molar-refractivity contribution in [3.63, 3.8) is 0 Å². The molecular formula is C14H20BrClN2O2. The van der Waals surface area contributed by atoms with E-state index < -0.39 is 5.60 Å². The molecule has 1 aliphatic rings. The number of methoxy groups -OCH3 is 2. The van der Waals surface area contributed by atoms with Gasteiger partial charge in [-0.05, 0) is 41.1 Å². The Morgan fingerprint density at radius 2 is 2.15 bits per heavy atom. The molecule has 0 aliphatic heterocycles. The third-order valence-electron chi connectivity index (χ3n) is 3.91. The summed E-state index contributed by atoms with van der Waals surface area (Å²) in [4.78, 5) is 9.08. The molecule has 1 aliphatic carbocycles. The van der Waals surface area contributed by atoms with E-state index in [9.17, 15) is 0 Å². The Bertz CT molecular complexity index is 486. The van der Waals surface area contributed by atoms with Crippen LogP contribution in [0, 0.1) is 5.92 Å². The van der Waals surface area contributed by atoms with Crippen LogP contribution in [0.1, 0.15) is 44.1 Å². The fourth-order valence-electron chi connectivity index (χ4n) is 2.88. The van der Waals surface area contributed by atoms with Gasteiger partial charge in [0.15, 0.2) is 5.82 Å². The van der Waals surface area contributed by atoms with E-state index in [2.05, 4.69) is 32.8 Å². The maximum Gasteiger partial charge on any atom is 0.162 e. The van der Waals surface area contributed by atoms with Gasteiger partial charge in [-0.25, -0.2) is 9.97 Å². The number of rotatable bonds is 4. The lowest BCUT2D eigenvalue weighted by Gasteiger charge is -2.37. The summed E-state index contributed by atoms with van der Waals surface area (Å²) in [7, 11) is 3.37. The quantitative estimate of drug-likeness (QED) is 0.756. The Hall–Kier alpha value is -0.230. The van der Waals surface area contributed by atoms with E-state index in [0.717, 1.165) is 25.0 Å². The predicted octanol–water partition coefficient (Wildman–Crippen LogP) is 4.09. The average Bonchev–Trinajstić information content (AvgIpc) is 2.43. The molecule has 0 radical (unpaired) electrons. The van der Waals surface area contributed by atoms with E-state index in [0.29, 0.717) is 28.0 Å². The van der Waals surface area contributed by atoms with Gasteiger partial charge in [0.25, 0.3) is 0 Å². The van der Waals surface area contributed by atoms with Crippen molar-refractivity contribution in [1.29, 1.82) is 0 Å². The molecule has 6 heteroatoms. The van der Waals surface area contributed by atoms with Crippen LogP contribution in [-0.4, -0.2) is 24.2 Å². The van der Waals surface area contributed by atoms with Gasteiger partial charge in [0.05, 0.1) is 16.8 Å². The molecule has 4 nitrogen and oxygen atoms in total. The van der Waals surface area contributed by atoms with E-state index >= 15 is 0 Å². The molecule has 1 aromatic rings. The Kier molecular flexibility index (Phi) is 5.40. The van der Waals surface area contributed by atoms with E-state index in [-0.39, 0.29) is 0 Å². The summed E-state index contributed by atoms with van der Waals surface area (Å²) in [6, 6.07) is 0. The average molecular weight is 364 g/mol. The largest absolute Gasteiger partial charge is 0.378 e. The first-order valence-electron chi connectivity index (χ1n) is 6.79. The second kappa shape index (κ2) is 6.69. The standard InChI is InChI=1S/C14H20BrClN2O2/c1-9-5-4-6-14(7-9,20-3)13-17-10(8-19-2)11(15)12(16)18-13/h9H,4-8H2,1-3H3. The zero-order valence-corrected chi connectivity index (χ0v) is 14.4. The highest BCUT2D eigenvalue weighted by atomic mass is 79.9. The molecule has 0 amide bonds. The number of hydrogen-bond donors (Lipinski definition) is 0. The number of ether oxygens (including phenoxy) is 2. The van der Waals surface area contributed by atoms with Crippen molar-refractivity contribution in [2.45, 2.75) is 44.8 Å². The summed E-state index contributed by atoms with van der Waals surface area (Å²) in [5.41, 5.74) is 0.335. The zero-order chi connectivity index (χ0) is 14.8. The van der Waals surface area contributed by atoms with Crippen molar-refractivity contribution in [3.8, 4) is 0 Å². The van der Waals surface area contributed by atoms with Crippen LogP contribution in [0.2, 0.25) is 5.15 Å². The third kappa shape index (κ3) is 3.16. The summed E-state index contributed by atoms with van der Waals surface area (Å²) >= 11 is 9.63. The van der Waals surface area contributed by atoms with Gasteiger partial charge in [-0.3, -0.25) is 0 Å². The van der Waals surface area contributed by atoms with Crippen LogP contribution in [0.3, 0.4) is 0 Å². The summed E-state index contributed by atoms with van der Waals surface area (Å²) in [5.74, 6) is 1.27. The predicted molar refractivity (Wildman–Crippen MR) is 81.8 cm³/mol. The zero-order valence-electron chi connectivity index (χ0n) is 12.1. The first-order chi connectivity index (χ1) is 9.52. The summed E-state index contributed by atoms with van der Waals surface area (Å²) in [6.07, 6.45) is 4.19. The molecule has 1 saturated carbocycles. The molecular weight excluding hydrogens is 344 g/mol. The molecule has 0 saturated heterocycles. The van der Waals surface area contributed by atoms with Crippen molar-refractivity contribution >= 4 is 27.5 Å². The van der Waals surface area contributed by atoms with Gasteiger partial charge < -0.3 is 9.47 Å². The van der Waals surface area contributed by atoms with Crippen molar-refractivity contribution in [2.75, 3.05) is 14.2 Å². The molecule has 0 N–H and O–H groups in total. The molecule has 1 aromatic heterocycles. The highest BCUT2D eigenvalue weighted by Gasteiger charge is 2.40. The maximum absolute atomic E-state index is 6.22. The van der Waals surface area contributed by atoms with Crippen LogP contribution < -0.4 is 0 Å². The second-order valence-electron chi connectivity index (χ2n) is 5.43. The van der Waals surface area contributed by atoms with Gasteiger partial charge in [-0.2, -0.15) is 0 Å². The third-order valence-corrected chi connectivity index (χ3v) is 5.25. The number of aromatic nitrogens is 2. The molecule has 0 bridgehead atoms. The van der Waals surface area contributed by atoms with Gasteiger partial charge in [0.1, 0.15) is 10.8 Å². The Labute approximate surface area is 133 Å². The molecule has 20 heavy (non-hydrogen) atoms. The lowest BCUT2D eigenvalue weighted by molar-refractivity contribution is -0.0649. The second-order valence-corrected chi connectivity index (χ2v) is 6.58. The van der Waals surface area contributed by atoms with Crippen LogP contribution in [0.5, 0.6) is 0 Å². The molecule has 2 unspecified atom stereocenters. The molecule has 1 heterocycles. The van der Waals surface area contributed by atoms with E-state index in [1.165, 1.54) is 6.42 Å². The van der Waals surface area contributed by atoms with E-state index in [4.69, 9.17) is 21.1 Å². The number of nitrogens with zero attached hydrogens (tertiary/aromatic N) is 2. The van der Waals surface area contributed by atoms with Gasteiger partial charge in [0, 0.05) is 14.2 Å². The van der Waals surface area contributed by atoms with Crippen molar-refractivity contribution in [2.24, 2.45) is 5.92 Å². The molecule has 112 valence electrons. The molecule has 2 rings (SSSR count). The van der Waals surface area contributed by atoms with Crippen molar-refractivity contribution < 1.29 is 9.47 Å². The molecule has 0 spiro atoms. The summed E-state index contributed by atoms with van der Waals surface area (Å²) in [6.45, 7) is 2.63. The fourth-order valence-corrected chi connectivity index (χ4v) is 3.36. The Balaban J connectivity index is 2.44. The number of hydrogen-bond acceptors (Lipinski definition) is 4. The molecule has 2 atom stereocenters. The lowest BCUT2D eigenvalue weighted by atomic mass is 9.78. The van der Waals surface area contributed by atoms with Crippen LogP contribution >= 0.6 is 27.5 Å². The van der Waals surface area contributed by atoms with Gasteiger partial charge in [0.2, 0.25) is 0 Å². The van der Waals surface area contributed by atoms with Crippen molar-refractivity contribution in [3.05, 3.63) is 21.1 Å². The summed E-state index contributed by atoms with van der Waals surface area (Å²) in [5, 5.41) is 0.414. The molecule has 0 aromatic carbocycles. The van der Waals surface area contributed by atoms with E-state index in [1.54, 1.807) is 14.2 Å². The minimum Gasteiger partial charge on any atom is -0.378 e. The smallest absolute Gasteiger partial charge is 0.162 e. The SMILES string of the molecule is COCc1nc(C2(OC)CCCC(C)C2)nc(Cl)c1Br. The van der Waals surface area contributed by atoms with E-state index in [1.807, 2.05) is 0 Å². The topological polar surface area (TPSA) is 44.2 Å². The Morgan fingerprint density at radius 1 is 1.40 bits per heavy atom. The van der Waals surface area contributed by atoms with Crippen LogP contribution in [0.4, 0.5) is 0 Å². The monoisotopic (exact) mass is 362 g/mol. The highest BCUT2D eigenvalue weighted by Crippen LogP contribution is 2.42. The van der Waals surface area contributed by atoms with Crippen LogP contribution in [0.25, 0.3) is 0 Å². The van der Waals surface area contributed by atoms with Gasteiger partial charge in [-0.1, -0.05) is 24.9 Å². The first-order valence-corrected chi connectivity index (χ1v) is 7.96. The highest BCUT2D eigenvalue weighted by molar-refractivity contribution is 9.10. The fraction of sp³-hybridized carbons (Fsp3) is 0.714. The molecule has 1 fully saturated rings. The van der Waals surface area contributed by atoms with Crippen LogP contribution in [-0.2, 0) is 21.7 Å². The Morgan fingerprint density at radius 3 is 2.75 bits per heavy atom. The lowest BCUT2D eigenvalue weighted by Crippen LogP contribution is -2.36. The van der Waals surface area contributed by atoms with Gasteiger partial charge >= 0.3 is 0 Å². The first kappa shape index (κ1) is 16.1. The van der Waals surface area contributed by atoms with Crippen LogP contribution in [0.15, 0.2) is 4.47 Å². The van der Waals surface area contributed by atoms with Gasteiger partial charge in [-0.15, -0.1) is 0 Å². The van der Waals surface area contributed by atoms with Crippen molar-refractivity contribution in [1.82, 2.24) is 9.97 Å². The summed E-state index contributed by atoms with van der Waals surface area (Å²) < 4.78 is 11.7. The number of halogens is 2. The normalized spacial score (nSPS) is 26.8.